The van der Waals surface area contributed by atoms with Gasteiger partial charge in [-0.05, 0) is 32.4 Å². The third-order valence-corrected chi connectivity index (χ3v) is 3.93. The summed E-state index contributed by atoms with van der Waals surface area (Å²) in [7, 11) is 0. The zero-order valence-electron chi connectivity index (χ0n) is 11.9. The van der Waals surface area contributed by atoms with Crippen LogP contribution in [-0.4, -0.2) is 28.5 Å². The largest absolute Gasteiger partial charge is 0.382 e. The van der Waals surface area contributed by atoms with Crippen LogP contribution in [0.15, 0.2) is 30.5 Å². The van der Waals surface area contributed by atoms with Crippen molar-refractivity contribution < 1.29 is 4.92 Å². The lowest BCUT2D eigenvalue weighted by molar-refractivity contribution is -0.383. The van der Waals surface area contributed by atoms with Crippen LogP contribution < -0.4 is 10.6 Å². The number of anilines is 1. The minimum Gasteiger partial charge on any atom is -0.382 e. The quantitative estimate of drug-likeness (QED) is 0.670. The molecule has 0 bridgehead atoms. The molecule has 0 aliphatic carbocycles. The van der Waals surface area contributed by atoms with Crippen LogP contribution in [0.1, 0.15) is 19.8 Å². The molecule has 0 saturated carbocycles. The van der Waals surface area contributed by atoms with Crippen LogP contribution in [0.2, 0.25) is 0 Å². The van der Waals surface area contributed by atoms with Crippen molar-refractivity contribution >= 4 is 22.3 Å². The SMILES string of the molecule is CC1CC(Nc2ccnc3c([N+](=O)[O-])cccc23)CCN1. The van der Waals surface area contributed by atoms with Gasteiger partial charge < -0.3 is 10.6 Å². The molecule has 1 aromatic heterocycles. The van der Waals surface area contributed by atoms with E-state index in [-0.39, 0.29) is 10.6 Å². The van der Waals surface area contributed by atoms with Crippen molar-refractivity contribution in [3.05, 3.63) is 40.6 Å². The number of nitrogens with zero attached hydrogens (tertiary/aromatic N) is 2. The fourth-order valence-corrected chi connectivity index (χ4v) is 2.92. The van der Waals surface area contributed by atoms with Gasteiger partial charge in [-0.3, -0.25) is 10.1 Å². The summed E-state index contributed by atoms with van der Waals surface area (Å²) in [6, 6.07) is 7.83. The molecule has 1 aliphatic rings. The van der Waals surface area contributed by atoms with Gasteiger partial charge in [0.2, 0.25) is 0 Å². The van der Waals surface area contributed by atoms with Crippen LogP contribution in [-0.2, 0) is 0 Å². The van der Waals surface area contributed by atoms with Crippen LogP contribution in [0.5, 0.6) is 0 Å². The maximum atomic E-state index is 11.1. The number of aromatic nitrogens is 1. The predicted molar refractivity (Wildman–Crippen MR) is 82.5 cm³/mol. The Hall–Kier alpha value is -2.21. The molecule has 2 heterocycles. The number of hydrogen-bond acceptors (Lipinski definition) is 5. The van der Waals surface area contributed by atoms with E-state index >= 15 is 0 Å². The number of para-hydroxylation sites is 1. The number of fused-ring (bicyclic) bond motifs is 1. The van der Waals surface area contributed by atoms with E-state index in [0.29, 0.717) is 17.6 Å². The summed E-state index contributed by atoms with van der Waals surface area (Å²) in [6.07, 6.45) is 3.71. The fourth-order valence-electron chi connectivity index (χ4n) is 2.92. The summed E-state index contributed by atoms with van der Waals surface area (Å²) in [5, 5.41) is 18.8. The lowest BCUT2D eigenvalue weighted by Gasteiger charge is -2.29. The molecule has 110 valence electrons. The summed E-state index contributed by atoms with van der Waals surface area (Å²) in [5.74, 6) is 0. The summed E-state index contributed by atoms with van der Waals surface area (Å²) >= 11 is 0. The first-order valence-corrected chi connectivity index (χ1v) is 7.17. The molecule has 1 fully saturated rings. The van der Waals surface area contributed by atoms with E-state index in [4.69, 9.17) is 0 Å². The van der Waals surface area contributed by atoms with Crippen molar-refractivity contribution in [2.24, 2.45) is 0 Å². The van der Waals surface area contributed by atoms with Crippen molar-refractivity contribution in [1.82, 2.24) is 10.3 Å². The number of nitro groups is 1. The summed E-state index contributed by atoms with van der Waals surface area (Å²) in [4.78, 5) is 14.9. The molecule has 2 aromatic rings. The topological polar surface area (TPSA) is 80.1 Å². The van der Waals surface area contributed by atoms with E-state index in [1.807, 2.05) is 12.1 Å². The molecular formula is C15H18N4O2. The molecule has 1 aromatic carbocycles. The highest BCUT2D eigenvalue weighted by Crippen LogP contribution is 2.29. The van der Waals surface area contributed by atoms with E-state index in [1.54, 1.807) is 12.3 Å². The smallest absolute Gasteiger partial charge is 0.295 e. The van der Waals surface area contributed by atoms with Gasteiger partial charge in [0.05, 0.1) is 4.92 Å². The van der Waals surface area contributed by atoms with E-state index in [1.165, 1.54) is 6.07 Å². The third-order valence-electron chi connectivity index (χ3n) is 3.93. The zero-order chi connectivity index (χ0) is 14.8. The zero-order valence-corrected chi connectivity index (χ0v) is 11.9. The van der Waals surface area contributed by atoms with Gasteiger partial charge in [0.15, 0.2) is 0 Å². The highest BCUT2D eigenvalue weighted by atomic mass is 16.6. The van der Waals surface area contributed by atoms with Gasteiger partial charge in [0.25, 0.3) is 5.69 Å². The van der Waals surface area contributed by atoms with E-state index in [2.05, 4.69) is 22.5 Å². The van der Waals surface area contributed by atoms with Crippen molar-refractivity contribution in [1.29, 1.82) is 0 Å². The minimum atomic E-state index is -0.383. The molecule has 2 atom stereocenters. The van der Waals surface area contributed by atoms with Crippen LogP contribution in [0.3, 0.4) is 0 Å². The molecule has 1 aliphatic heterocycles. The fraction of sp³-hybridized carbons (Fsp3) is 0.400. The van der Waals surface area contributed by atoms with Gasteiger partial charge in [-0.15, -0.1) is 0 Å². The first kappa shape index (κ1) is 13.8. The predicted octanol–water partition coefficient (Wildman–Crippen LogP) is 2.70. The second kappa shape index (κ2) is 5.65. The number of nitro benzene ring substituents is 1. The van der Waals surface area contributed by atoms with Crippen molar-refractivity contribution in [2.45, 2.75) is 31.8 Å². The Balaban J connectivity index is 1.95. The molecular weight excluding hydrogens is 268 g/mol. The number of piperidine rings is 1. The van der Waals surface area contributed by atoms with Crippen molar-refractivity contribution in [3.8, 4) is 0 Å². The Bertz CT molecular complexity index is 674. The van der Waals surface area contributed by atoms with Crippen molar-refractivity contribution in [2.75, 3.05) is 11.9 Å². The maximum absolute atomic E-state index is 11.1. The van der Waals surface area contributed by atoms with Gasteiger partial charge in [0.1, 0.15) is 5.52 Å². The number of rotatable bonds is 3. The summed E-state index contributed by atoms with van der Waals surface area (Å²) in [5.41, 5.74) is 1.41. The number of non-ortho nitro benzene ring substituents is 1. The lowest BCUT2D eigenvalue weighted by Crippen LogP contribution is -2.41. The van der Waals surface area contributed by atoms with Crippen LogP contribution in [0.4, 0.5) is 11.4 Å². The second-order valence-corrected chi connectivity index (χ2v) is 5.51. The standard InChI is InChI=1S/C15H18N4O2/c1-10-9-11(5-7-16-10)18-13-6-8-17-15-12(13)3-2-4-14(15)19(20)21/h2-4,6,8,10-11,16H,5,7,9H2,1H3,(H,17,18). The number of pyridine rings is 1. The van der Waals surface area contributed by atoms with Gasteiger partial charge in [-0.2, -0.15) is 0 Å². The Kier molecular flexibility index (Phi) is 3.70. The Morgan fingerprint density at radius 3 is 3.05 bits per heavy atom. The molecule has 0 spiro atoms. The Labute approximate surface area is 122 Å². The monoisotopic (exact) mass is 286 g/mol. The second-order valence-electron chi connectivity index (χ2n) is 5.51. The molecule has 1 saturated heterocycles. The molecule has 2 N–H and O–H groups in total. The van der Waals surface area contributed by atoms with Crippen LogP contribution in [0.25, 0.3) is 10.9 Å². The molecule has 0 radical (unpaired) electrons. The normalized spacial score (nSPS) is 22.1. The molecule has 6 nitrogen and oxygen atoms in total. The van der Waals surface area contributed by atoms with Crippen molar-refractivity contribution in [3.63, 3.8) is 0 Å². The molecule has 0 amide bonds. The van der Waals surface area contributed by atoms with Gasteiger partial charge in [-0.1, -0.05) is 12.1 Å². The molecule has 3 rings (SSSR count). The lowest BCUT2D eigenvalue weighted by atomic mass is 10.00. The van der Waals surface area contributed by atoms with Crippen LogP contribution >= 0.6 is 0 Å². The average molecular weight is 286 g/mol. The maximum Gasteiger partial charge on any atom is 0.295 e. The molecule has 21 heavy (non-hydrogen) atoms. The number of benzene rings is 1. The van der Waals surface area contributed by atoms with Gasteiger partial charge in [-0.25, -0.2) is 4.98 Å². The minimum absolute atomic E-state index is 0.0508. The summed E-state index contributed by atoms with van der Waals surface area (Å²) < 4.78 is 0. The molecule has 6 heteroatoms. The highest BCUT2D eigenvalue weighted by molar-refractivity contribution is 5.96. The first-order valence-electron chi connectivity index (χ1n) is 7.17. The first-order chi connectivity index (χ1) is 10.1. The number of hydrogen-bond donors (Lipinski definition) is 2. The van der Waals surface area contributed by atoms with Gasteiger partial charge in [0, 0.05) is 35.4 Å². The molecule has 2 unspecified atom stereocenters. The summed E-state index contributed by atoms with van der Waals surface area (Å²) in [6.45, 7) is 3.16. The van der Waals surface area contributed by atoms with E-state index in [0.717, 1.165) is 30.5 Å². The van der Waals surface area contributed by atoms with Crippen LogP contribution in [0, 0.1) is 10.1 Å². The Morgan fingerprint density at radius 2 is 2.29 bits per heavy atom. The average Bonchev–Trinajstić information content (AvgIpc) is 2.47. The highest BCUT2D eigenvalue weighted by Gasteiger charge is 2.20. The van der Waals surface area contributed by atoms with E-state index < -0.39 is 0 Å². The number of nitrogens with one attached hydrogen (secondary N) is 2. The van der Waals surface area contributed by atoms with E-state index in [9.17, 15) is 10.1 Å². The third kappa shape index (κ3) is 2.80. The Morgan fingerprint density at radius 1 is 1.43 bits per heavy atom. The van der Waals surface area contributed by atoms with Gasteiger partial charge >= 0.3 is 0 Å².